The van der Waals surface area contributed by atoms with Gasteiger partial charge in [0.25, 0.3) is 0 Å². The van der Waals surface area contributed by atoms with Crippen LogP contribution < -0.4 is 10.1 Å². The van der Waals surface area contributed by atoms with Gasteiger partial charge in [-0.05, 0) is 68.3 Å². The molecule has 168 valence electrons. The second-order valence-electron chi connectivity index (χ2n) is 7.75. The van der Waals surface area contributed by atoms with Gasteiger partial charge in [-0.2, -0.15) is 0 Å². The molecular weight excluding hydrogens is 424 g/mol. The zero-order valence-electron chi connectivity index (χ0n) is 18.8. The normalized spacial score (nSPS) is 10.9. The van der Waals surface area contributed by atoms with Gasteiger partial charge in [0, 0.05) is 23.4 Å². The molecule has 0 fully saturated rings. The van der Waals surface area contributed by atoms with Crippen LogP contribution in [0.25, 0.3) is 11.4 Å². The van der Waals surface area contributed by atoms with Crippen molar-refractivity contribution >= 4 is 29.1 Å². The van der Waals surface area contributed by atoms with Gasteiger partial charge in [-0.1, -0.05) is 25.6 Å². The van der Waals surface area contributed by atoms with Crippen LogP contribution in [0.3, 0.4) is 0 Å². The van der Waals surface area contributed by atoms with Gasteiger partial charge in [0.05, 0.1) is 12.4 Å². The molecule has 1 N–H and O–H groups in total. The fourth-order valence-corrected chi connectivity index (χ4v) is 3.77. The van der Waals surface area contributed by atoms with Gasteiger partial charge in [-0.25, -0.2) is 0 Å². The summed E-state index contributed by atoms with van der Waals surface area (Å²) in [5.74, 6) is 2.09. The monoisotopic (exact) mass is 452 g/mol. The van der Waals surface area contributed by atoms with Gasteiger partial charge < -0.3 is 14.6 Å². The highest BCUT2D eigenvalue weighted by atomic mass is 32.2. The largest absolute Gasteiger partial charge is 0.493 e. The number of hydrogen-bond acceptors (Lipinski definition) is 6. The molecule has 0 unspecified atom stereocenters. The van der Waals surface area contributed by atoms with Crippen LogP contribution in [0.15, 0.2) is 53.7 Å². The van der Waals surface area contributed by atoms with Gasteiger partial charge in [0.15, 0.2) is 16.8 Å². The third kappa shape index (κ3) is 6.20. The Morgan fingerprint density at radius 3 is 2.34 bits per heavy atom. The summed E-state index contributed by atoms with van der Waals surface area (Å²) < 4.78 is 7.73. The van der Waals surface area contributed by atoms with Crippen LogP contribution in [0.5, 0.6) is 5.75 Å². The summed E-state index contributed by atoms with van der Waals surface area (Å²) in [6.07, 6.45) is 0. The number of ketones is 1. The Labute approximate surface area is 192 Å². The molecule has 0 saturated carbocycles. The van der Waals surface area contributed by atoms with E-state index in [1.165, 1.54) is 18.7 Å². The van der Waals surface area contributed by atoms with Crippen molar-refractivity contribution in [3.8, 4) is 17.1 Å². The van der Waals surface area contributed by atoms with Crippen molar-refractivity contribution in [2.24, 2.45) is 5.92 Å². The average molecular weight is 453 g/mol. The lowest BCUT2D eigenvalue weighted by Crippen LogP contribution is -2.14. The second-order valence-corrected chi connectivity index (χ2v) is 8.69. The molecule has 0 spiro atoms. The Morgan fingerprint density at radius 2 is 1.75 bits per heavy atom. The number of anilines is 1. The zero-order valence-corrected chi connectivity index (χ0v) is 19.6. The molecule has 7 nitrogen and oxygen atoms in total. The number of carbonyl (C=O) groups is 2. The van der Waals surface area contributed by atoms with Crippen molar-refractivity contribution < 1.29 is 14.3 Å². The first kappa shape index (κ1) is 23.5. The molecule has 1 amide bonds. The Hall–Kier alpha value is -3.13. The lowest BCUT2D eigenvalue weighted by atomic mass is 10.1. The van der Waals surface area contributed by atoms with Crippen LogP contribution in [-0.4, -0.2) is 38.8 Å². The number of aromatic nitrogens is 3. The molecule has 1 aromatic heterocycles. The zero-order chi connectivity index (χ0) is 23.1. The molecule has 32 heavy (non-hydrogen) atoms. The highest BCUT2D eigenvalue weighted by molar-refractivity contribution is 7.99. The van der Waals surface area contributed by atoms with Crippen molar-refractivity contribution in [2.45, 2.75) is 39.4 Å². The topological polar surface area (TPSA) is 86.1 Å². The van der Waals surface area contributed by atoms with Crippen molar-refractivity contribution in [1.82, 2.24) is 14.8 Å². The number of nitrogens with one attached hydrogen (secondary N) is 1. The van der Waals surface area contributed by atoms with Crippen LogP contribution in [0.2, 0.25) is 0 Å². The molecule has 0 aliphatic rings. The summed E-state index contributed by atoms with van der Waals surface area (Å²) in [7, 11) is 0. The summed E-state index contributed by atoms with van der Waals surface area (Å²) in [5.41, 5.74) is 2.21. The van der Waals surface area contributed by atoms with E-state index in [-0.39, 0.29) is 17.4 Å². The first-order chi connectivity index (χ1) is 15.4. The molecule has 3 aromatic rings. The molecule has 1 heterocycles. The number of amides is 1. The molecule has 0 bridgehead atoms. The van der Waals surface area contributed by atoms with Crippen LogP contribution in [-0.2, 0) is 11.3 Å². The van der Waals surface area contributed by atoms with E-state index in [4.69, 9.17) is 4.74 Å². The van der Waals surface area contributed by atoms with Gasteiger partial charge >= 0.3 is 0 Å². The van der Waals surface area contributed by atoms with Crippen molar-refractivity contribution in [3.05, 3.63) is 54.1 Å². The van der Waals surface area contributed by atoms with Crippen molar-refractivity contribution in [1.29, 1.82) is 0 Å². The molecule has 2 aromatic carbocycles. The predicted molar refractivity (Wildman–Crippen MR) is 127 cm³/mol. The molecule has 0 saturated heterocycles. The third-order valence-electron chi connectivity index (χ3n) is 4.64. The smallest absolute Gasteiger partial charge is 0.234 e. The Kier molecular flexibility index (Phi) is 8.05. The van der Waals surface area contributed by atoms with Crippen molar-refractivity contribution in [2.75, 3.05) is 17.7 Å². The van der Waals surface area contributed by atoms with Crippen molar-refractivity contribution in [3.63, 3.8) is 0 Å². The van der Waals surface area contributed by atoms with Crippen LogP contribution >= 0.6 is 11.8 Å². The number of carbonyl (C=O) groups excluding carboxylic acids is 2. The van der Waals surface area contributed by atoms with Crippen LogP contribution in [0, 0.1) is 5.92 Å². The van der Waals surface area contributed by atoms with Gasteiger partial charge in [0.1, 0.15) is 5.75 Å². The lowest BCUT2D eigenvalue weighted by Gasteiger charge is -2.10. The highest BCUT2D eigenvalue weighted by Gasteiger charge is 2.15. The first-order valence-corrected chi connectivity index (χ1v) is 11.6. The number of thioether (sulfide) groups is 1. The summed E-state index contributed by atoms with van der Waals surface area (Å²) in [4.78, 5) is 23.7. The van der Waals surface area contributed by atoms with E-state index in [9.17, 15) is 9.59 Å². The van der Waals surface area contributed by atoms with Crippen LogP contribution in [0.1, 0.15) is 38.1 Å². The quantitative estimate of drug-likeness (QED) is 0.347. The number of Topliss-reactive ketones (excluding diaryl/α,β-unsaturated/α-hetero) is 1. The lowest BCUT2D eigenvalue weighted by molar-refractivity contribution is -0.113. The molecule has 8 heteroatoms. The molecule has 0 aliphatic carbocycles. The number of ether oxygens (including phenoxy) is 1. The number of hydrogen-bond donors (Lipinski definition) is 1. The maximum Gasteiger partial charge on any atom is 0.234 e. The van der Waals surface area contributed by atoms with Gasteiger partial charge in [0.2, 0.25) is 5.91 Å². The summed E-state index contributed by atoms with van der Waals surface area (Å²) in [6.45, 7) is 9.12. The standard InChI is InChI=1S/C24H28N4O3S/c1-5-28-23(19-8-12-21(13-9-19)31-14-16(2)3)26-27-24(28)32-15-22(30)25-20-10-6-18(7-11-20)17(4)29/h6-13,16H,5,14-15H2,1-4H3,(H,25,30). The van der Waals surface area contributed by atoms with E-state index in [2.05, 4.69) is 29.4 Å². The molecule has 0 radical (unpaired) electrons. The maximum atomic E-state index is 12.4. The molecular formula is C24H28N4O3S. The summed E-state index contributed by atoms with van der Waals surface area (Å²) in [6, 6.07) is 14.7. The Bertz CT molecular complexity index is 1060. The minimum absolute atomic E-state index is 0.00846. The number of nitrogens with zero attached hydrogens (tertiary/aromatic N) is 3. The third-order valence-corrected chi connectivity index (χ3v) is 5.60. The maximum absolute atomic E-state index is 12.4. The second kappa shape index (κ2) is 10.9. The highest BCUT2D eigenvalue weighted by Crippen LogP contribution is 2.26. The predicted octanol–water partition coefficient (Wildman–Crippen LogP) is 4.93. The molecule has 0 aliphatic heterocycles. The molecule has 3 rings (SSSR count). The fraction of sp³-hybridized carbons (Fsp3) is 0.333. The van der Waals surface area contributed by atoms with E-state index in [1.807, 2.05) is 35.8 Å². The van der Waals surface area contributed by atoms with E-state index >= 15 is 0 Å². The SMILES string of the molecule is CCn1c(SCC(=O)Nc2ccc(C(C)=O)cc2)nnc1-c1ccc(OCC(C)C)cc1. The number of rotatable bonds is 10. The van der Waals surface area contributed by atoms with E-state index in [0.29, 0.717) is 35.5 Å². The summed E-state index contributed by atoms with van der Waals surface area (Å²) >= 11 is 1.34. The fourth-order valence-electron chi connectivity index (χ4n) is 2.97. The average Bonchev–Trinajstić information content (AvgIpc) is 3.20. The minimum Gasteiger partial charge on any atom is -0.493 e. The van der Waals surface area contributed by atoms with E-state index in [1.54, 1.807) is 24.3 Å². The van der Waals surface area contributed by atoms with E-state index in [0.717, 1.165) is 17.1 Å². The number of benzene rings is 2. The Balaban J connectivity index is 1.62. The van der Waals surface area contributed by atoms with E-state index < -0.39 is 0 Å². The van der Waals surface area contributed by atoms with Gasteiger partial charge in [-0.15, -0.1) is 10.2 Å². The van der Waals surface area contributed by atoms with Crippen LogP contribution in [0.4, 0.5) is 5.69 Å². The Morgan fingerprint density at radius 1 is 1.06 bits per heavy atom. The van der Waals surface area contributed by atoms with Gasteiger partial charge in [-0.3, -0.25) is 9.59 Å². The first-order valence-electron chi connectivity index (χ1n) is 10.6. The molecule has 0 atom stereocenters. The summed E-state index contributed by atoms with van der Waals surface area (Å²) in [5, 5.41) is 12.1. The minimum atomic E-state index is -0.149.